The van der Waals surface area contributed by atoms with E-state index in [-0.39, 0.29) is 27.8 Å². The Morgan fingerprint density at radius 2 is 1.89 bits per heavy atom. The van der Waals surface area contributed by atoms with Crippen molar-refractivity contribution in [2.75, 3.05) is 18.9 Å². The van der Waals surface area contributed by atoms with E-state index < -0.39 is 14.9 Å². The molecule has 0 aliphatic rings. The van der Waals surface area contributed by atoms with E-state index in [1.54, 1.807) is 6.07 Å². The lowest BCUT2D eigenvalue weighted by molar-refractivity contribution is -0.385. The molecule has 28 heavy (non-hydrogen) atoms. The minimum absolute atomic E-state index is 0.152. The van der Waals surface area contributed by atoms with E-state index in [1.807, 2.05) is 6.92 Å². The third-order valence-corrected chi connectivity index (χ3v) is 5.50. The quantitative estimate of drug-likeness (QED) is 0.466. The Kier molecular flexibility index (Phi) is 5.10. The maximum absolute atomic E-state index is 12.9. The van der Waals surface area contributed by atoms with Crippen LogP contribution in [0.3, 0.4) is 0 Å². The second-order valence-electron chi connectivity index (χ2n) is 5.73. The smallest absolute Gasteiger partial charge is 0.273 e. The molecule has 0 aliphatic carbocycles. The molecule has 1 heterocycles. The number of nitrogens with one attached hydrogen (secondary N) is 1. The van der Waals surface area contributed by atoms with Gasteiger partial charge in [0.1, 0.15) is 16.4 Å². The molecule has 11 heteroatoms. The summed E-state index contributed by atoms with van der Waals surface area (Å²) in [6, 6.07) is 6.35. The summed E-state index contributed by atoms with van der Waals surface area (Å²) in [6.07, 6.45) is 0.599. The molecule has 0 atom stereocenters. The summed E-state index contributed by atoms with van der Waals surface area (Å²) in [5.74, 6) is 0.0803. The topological polar surface area (TPSA) is 134 Å². The summed E-state index contributed by atoms with van der Waals surface area (Å²) in [4.78, 5) is 10.0. The SMILES string of the molecule is CCc1noc2cc(OC)c(NS(=O)(=O)c3ccc([N+](=O)[O-])cc3OC)cc12. The first kappa shape index (κ1) is 19.4. The molecule has 0 radical (unpaired) electrons. The number of nitro benzene ring substituents is 1. The molecule has 148 valence electrons. The van der Waals surface area contributed by atoms with Gasteiger partial charge in [0, 0.05) is 17.5 Å². The number of anilines is 1. The normalized spacial score (nSPS) is 11.4. The van der Waals surface area contributed by atoms with Crippen molar-refractivity contribution in [3.05, 3.63) is 46.1 Å². The highest BCUT2D eigenvalue weighted by Gasteiger charge is 2.24. The molecule has 10 nitrogen and oxygen atoms in total. The standard InChI is InChI=1S/C17H17N3O7S/c1-4-12-11-8-13(15(25-2)9-14(11)27-18-12)19-28(23,24)17-6-5-10(20(21)22)7-16(17)26-3/h5-9,19H,4H2,1-3H3. The molecule has 1 N–H and O–H groups in total. The largest absolute Gasteiger partial charge is 0.495 e. The first-order valence-corrected chi connectivity index (χ1v) is 9.60. The predicted molar refractivity (Wildman–Crippen MR) is 100 cm³/mol. The number of nitrogens with zero attached hydrogens (tertiary/aromatic N) is 2. The fourth-order valence-electron chi connectivity index (χ4n) is 2.71. The molecule has 3 rings (SSSR count). The van der Waals surface area contributed by atoms with Crippen LogP contribution in [-0.4, -0.2) is 32.7 Å². The lowest BCUT2D eigenvalue weighted by Crippen LogP contribution is -2.15. The summed E-state index contributed by atoms with van der Waals surface area (Å²) in [5.41, 5.74) is 1.02. The molecule has 1 aromatic heterocycles. The fraction of sp³-hybridized carbons (Fsp3) is 0.235. The second kappa shape index (κ2) is 7.35. The number of sulfonamides is 1. The van der Waals surface area contributed by atoms with Crippen LogP contribution in [0.15, 0.2) is 39.8 Å². The van der Waals surface area contributed by atoms with Crippen LogP contribution in [0, 0.1) is 10.1 Å². The van der Waals surface area contributed by atoms with Gasteiger partial charge >= 0.3 is 0 Å². The summed E-state index contributed by atoms with van der Waals surface area (Å²) >= 11 is 0. The second-order valence-corrected chi connectivity index (χ2v) is 7.38. The van der Waals surface area contributed by atoms with Crippen LogP contribution in [-0.2, 0) is 16.4 Å². The van der Waals surface area contributed by atoms with E-state index in [0.717, 1.165) is 18.2 Å². The van der Waals surface area contributed by atoms with Gasteiger partial charge in [-0.2, -0.15) is 0 Å². The van der Waals surface area contributed by atoms with Crippen LogP contribution >= 0.6 is 0 Å². The van der Waals surface area contributed by atoms with Crippen molar-refractivity contribution in [1.82, 2.24) is 5.16 Å². The molecule has 0 saturated heterocycles. The van der Waals surface area contributed by atoms with Crippen molar-refractivity contribution in [2.24, 2.45) is 0 Å². The van der Waals surface area contributed by atoms with Crippen LogP contribution in [0.1, 0.15) is 12.6 Å². The molecule has 3 aromatic rings. The molecule has 0 amide bonds. The Morgan fingerprint density at radius 3 is 2.50 bits per heavy atom. The summed E-state index contributed by atoms with van der Waals surface area (Å²) < 4.78 is 43.8. The fourth-order valence-corrected chi connectivity index (χ4v) is 3.92. The maximum atomic E-state index is 12.9. The average molecular weight is 407 g/mol. The van der Waals surface area contributed by atoms with Crippen LogP contribution in [0.4, 0.5) is 11.4 Å². The van der Waals surface area contributed by atoms with Gasteiger partial charge in [-0.15, -0.1) is 0 Å². The molecule has 0 bridgehead atoms. The van der Waals surface area contributed by atoms with Crippen LogP contribution in [0.5, 0.6) is 11.5 Å². The highest BCUT2D eigenvalue weighted by molar-refractivity contribution is 7.92. The zero-order valence-corrected chi connectivity index (χ0v) is 16.1. The summed E-state index contributed by atoms with van der Waals surface area (Å²) in [7, 11) is -1.51. The average Bonchev–Trinajstić information content (AvgIpc) is 3.08. The lowest BCUT2D eigenvalue weighted by Gasteiger charge is -2.14. The van der Waals surface area contributed by atoms with Crippen molar-refractivity contribution in [3.8, 4) is 11.5 Å². The Morgan fingerprint density at radius 1 is 1.18 bits per heavy atom. The molecule has 0 aliphatic heterocycles. The number of hydrogen-bond acceptors (Lipinski definition) is 8. The molecule has 0 fully saturated rings. The molecular weight excluding hydrogens is 390 g/mol. The number of ether oxygens (including phenoxy) is 2. The lowest BCUT2D eigenvalue weighted by atomic mass is 10.1. The van der Waals surface area contributed by atoms with Gasteiger partial charge in [0.2, 0.25) is 0 Å². The van der Waals surface area contributed by atoms with E-state index >= 15 is 0 Å². The molecule has 0 saturated carbocycles. The number of non-ortho nitro benzene ring substituents is 1. The Balaban J connectivity index is 2.08. The van der Waals surface area contributed by atoms with E-state index in [9.17, 15) is 18.5 Å². The first-order valence-electron chi connectivity index (χ1n) is 8.12. The van der Waals surface area contributed by atoms with E-state index in [0.29, 0.717) is 23.1 Å². The zero-order valence-electron chi connectivity index (χ0n) is 15.3. The molecule has 2 aromatic carbocycles. The Labute approximate surface area is 160 Å². The number of hydrogen-bond donors (Lipinski definition) is 1. The third-order valence-electron chi connectivity index (χ3n) is 4.09. The zero-order chi connectivity index (χ0) is 20.5. The van der Waals surface area contributed by atoms with Crippen LogP contribution in [0.25, 0.3) is 11.0 Å². The van der Waals surface area contributed by atoms with Gasteiger partial charge in [0.05, 0.1) is 36.6 Å². The van der Waals surface area contributed by atoms with Crippen molar-refractivity contribution in [2.45, 2.75) is 18.2 Å². The van der Waals surface area contributed by atoms with Gasteiger partial charge in [0.15, 0.2) is 5.58 Å². The third kappa shape index (κ3) is 3.43. The van der Waals surface area contributed by atoms with Gasteiger partial charge in [-0.05, 0) is 18.6 Å². The van der Waals surface area contributed by atoms with Gasteiger partial charge in [-0.1, -0.05) is 12.1 Å². The van der Waals surface area contributed by atoms with E-state index in [4.69, 9.17) is 14.0 Å². The summed E-state index contributed by atoms with van der Waals surface area (Å²) in [5, 5.41) is 15.5. The van der Waals surface area contributed by atoms with Crippen LogP contribution < -0.4 is 14.2 Å². The van der Waals surface area contributed by atoms with Gasteiger partial charge in [-0.25, -0.2) is 8.42 Å². The number of methoxy groups -OCH3 is 2. The molecule has 0 unspecified atom stereocenters. The van der Waals surface area contributed by atoms with E-state index in [2.05, 4.69) is 9.88 Å². The number of aryl methyl sites for hydroxylation is 1. The van der Waals surface area contributed by atoms with Gasteiger partial charge in [-0.3, -0.25) is 14.8 Å². The van der Waals surface area contributed by atoms with Crippen LogP contribution in [0.2, 0.25) is 0 Å². The number of fused-ring (bicyclic) bond motifs is 1. The molecular formula is C17H17N3O7S. The number of nitro groups is 1. The number of aromatic nitrogens is 1. The number of benzene rings is 2. The molecule has 0 spiro atoms. The minimum atomic E-state index is -4.13. The van der Waals surface area contributed by atoms with Crippen molar-refractivity contribution >= 4 is 32.4 Å². The Hall–Kier alpha value is -3.34. The predicted octanol–water partition coefficient (Wildman–Crippen LogP) is 3.12. The van der Waals surface area contributed by atoms with Gasteiger partial charge in [0.25, 0.3) is 15.7 Å². The Bertz CT molecular complexity index is 1160. The number of rotatable bonds is 7. The summed E-state index contributed by atoms with van der Waals surface area (Å²) in [6.45, 7) is 1.90. The monoisotopic (exact) mass is 407 g/mol. The van der Waals surface area contributed by atoms with E-state index in [1.165, 1.54) is 20.3 Å². The van der Waals surface area contributed by atoms with Crippen molar-refractivity contribution in [3.63, 3.8) is 0 Å². The van der Waals surface area contributed by atoms with Crippen molar-refractivity contribution in [1.29, 1.82) is 0 Å². The maximum Gasteiger partial charge on any atom is 0.273 e. The highest BCUT2D eigenvalue weighted by atomic mass is 32.2. The first-order chi connectivity index (χ1) is 13.3. The minimum Gasteiger partial charge on any atom is -0.495 e. The highest BCUT2D eigenvalue weighted by Crippen LogP contribution is 2.35. The van der Waals surface area contributed by atoms with Crippen molar-refractivity contribution < 1.29 is 27.3 Å². The van der Waals surface area contributed by atoms with Gasteiger partial charge < -0.3 is 14.0 Å².